The molecule has 0 bridgehead atoms. The van der Waals surface area contributed by atoms with Gasteiger partial charge in [-0.25, -0.2) is 0 Å². The quantitative estimate of drug-likeness (QED) is 0.402. The number of carbonyl (C=O) groups excluding carboxylic acids is 1. The lowest BCUT2D eigenvalue weighted by Gasteiger charge is -2.11. The molecule has 0 spiro atoms. The Bertz CT molecular complexity index is 140. The molecule has 0 aromatic heterocycles. The molecule has 0 saturated carbocycles. The summed E-state index contributed by atoms with van der Waals surface area (Å²) in [6.45, 7) is -0.732. The molecule has 0 aromatic carbocycles. The van der Waals surface area contributed by atoms with Crippen molar-refractivity contribution in [1.29, 1.82) is 0 Å². The Morgan fingerprint density at radius 1 is 1.67 bits per heavy atom. The van der Waals surface area contributed by atoms with Crippen LogP contribution in [0.2, 0.25) is 0 Å². The average Bonchev–Trinajstić information content (AvgIpc) is 2.00. The fourth-order valence-electron chi connectivity index (χ4n) is 0.289. The van der Waals surface area contributed by atoms with Crippen molar-refractivity contribution in [2.75, 3.05) is 6.61 Å². The van der Waals surface area contributed by atoms with Crippen LogP contribution in [0.15, 0.2) is 0 Å². The molecule has 4 heteroatoms. The molecule has 4 nitrogen and oxygen atoms in total. The minimum atomic E-state index is -1.71. The maximum atomic E-state index is 10.1. The fraction of sp³-hybridized carbons (Fsp3) is 0.800. The Morgan fingerprint density at radius 2 is 2.22 bits per heavy atom. The smallest absolute Gasteiger partial charge is 0.122 e. The van der Waals surface area contributed by atoms with E-state index in [0.717, 1.165) is 0 Å². The molecule has 0 unspecified atom stereocenters. The second kappa shape index (κ2) is 4.43. The van der Waals surface area contributed by atoms with Crippen LogP contribution in [0.1, 0.15) is 9.14 Å². The Balaban J connectivity index is 4.00. The molecule has 0 saturated heterocycles. The van der Waals surface area contributed by atoms with E-state index < -0.39 is 31.5 Å². The molecule has 0 amide bonds. The lowest BCUT2D eigenvalue weighted by atomic mass is 10.2. The van der Waals surface area contributed by atoms with Crippen molar-refractivity contribution in [2.24, 2.45) is 0 Å². The maximum absolute atomic E-state index is 10.1. The summed E-state index contributed by atoms with van der Waals surface area (Å²) in [5.74, 6) is 0. The van der Waals surface area contributed by atoms with E-state index in [-0.39, 0.29) is 0 Å². The van der Waals surface area contributed by atoms with E-state index in [4.69, 9.17) is 18.1 Å². The minimum absolute atomic E-state index is 0.732. The van der Waals surface area contributed by atoms with Crippen molar-refractivity contribution in [3.8, 4) is 0 Å². The molecule has 9 heavy (non-hydrogen) atoms. The van der Waals surface area contributed by atoms with Crippen molar-refractivity contribution < 1.29 is 22.9 Å². The van der Waals surface area contributed by atoms with E-state index in [0.29, 0.717) is 0 Å². The number of hydrogen-bond acceptors (Lipinski definition) is 4. The largest absolute Gasteiger partial charge is 0.394 e. The summed E-state index contributed by atoms with van der Waals surface area (Å²) in [7, 11) is 0. The standard InChI is InChI=1S/C5H10O4/c6-2-1-4(8)5(9)3-7/h2,4-5,7-9H,1,3H2/t4-,5+/m0/s1/i1D,2D/t1-,4-,5+. The van der Waals surface area contributed by atoms with Crippen molar-refractivity contribution in [1.82, 2.24) is 0 Å². The van der Waals surface area contributed by atoms with Crippen LogP contribution >= 0.6 is 0 Å². The molecule has 0 aromatic rings. The third-order valence-corrected chi connectivity index (χ3v) is 0.820. The van der Waals surface area contributed by atoms with Gasteiger partial charge in [-0.3, -0.25) is 0 Å². The number of carbonyl (C=O) groups is 1. The SMILES string of the molecule is [2H]C(=O)[C@H]([2H])[C@H](O)[C@H](O)CO. The molecule has 0 aliphatic carbocycles. The van der Waals surface area contributed by atoms with Gasteiger partial charge in [-0.05, 0) is 0 Å². The predicted octanol–water partition coefficient (Wildman–Crippen LogP) is -1.71. The molecule has 3 atom stereocenters. The summed E-state index contributed by atoms with van der Waals surface area (Å²) in [6.07, 6.45) is -6.22. The summed E-state index contributed by atoms with van der Waals surface area (Å²) >= 11 is 0. The highest BCUT2D eigenvalue weighted by atomic mass is 16.4. The highest BCUT2D eigenvalue weighted by Crippen LogP contribution is 1.94. The molecule has 0 aliphatic rings. The maximum Gasteiger partial charge on any atom is 0.122 e. The van der Waals surface area contributed by atoms with Crippen LogP contribution in [0.4, 0.5) is 0 Å². The van der Waals surface area contributed by atoms with Crippen molar-refractivity contribution >= 4 is 6.26 Å². The highest BCUT2D eigenvalue weighted by Gasteiger charge is 2.13. The Kier molecular flexibility index (Phi) is 2.63. The van der Waals surface area contributed by atoms with Gasteiger partial charge in [0.25, 0.3) is 0 Å². The van der Waals surface area contributed by atoms with E-state index in [1.807, 2.05) is 0 Å². The number of hydrogen-bond donors (Lipinski definition) is 3. The van der Waals surface area contributed by atoms with Crippen molar-refractivity contribution in [2.45, 2.75) is 18.6 Å². The fourth-order valence-corrected chi connectivity index (χ4v) is 0.289. The summed E-state index contributed by atoms with van der Waals surface area (Å²) in [4.78, 5) is 10.1. The molecule has 3 N–H and O–H groups in total. The van der Waals surface area contributed by atoms with Crippen molar-refractivity contribution in [3.05, 3.63) is 0 Å². The number of aliphatic hydroxyl groups is 3. The predicted molar refractivity (Wildman–Crippen MR) is 29.8 cm³/mol. The van der Waals surface area contributed by atoms with E-state index in [1.54, 1.807) is 0 Å². The summed E-state index contributed by atoms with van der Waals surface area (Å²) in [5, 5.41) is 25.8. The molecule has 0 rings (SSSR count). The van der Waals surface area contributed by atoms with Gasteiger partial charge >= 0.3 is 0 Å². The van der Waals surface area contributed by atoms with Gasteiger partial charge in [-0.1, -0.05) is 0 Å². The monoisotopic (exact) mass is 136 g/mol. The summed E-state index contributed by atoms with van der Waals surface area (Å²) in [6, 6.07) is 0. The van der Waals surface area contributed by atoms with Crippen LogP contribution in [-0.2, 0) is 4.79 Å². The van der Waals surface area contributed by atoms with Crippen LogP contribution < -0.4 is 0 Å². The zero-order valence-electron chi connectivity index (χ0n) is 6.69. The van der Waals surface area contributed by atoms with E-state index in [1.165, 1.54) is 0 Å². The Morgan fingerprint density at radius 3 is 2.56 bits per heavy atom. The molecule has 0 heterocycles. The first kappa shape index (κ1) is 5.34. The molecular formula is C5H10O4. The van der Waals surface area contributed by atoms with Gasteiger partial charge < -0.3 is 20.1 Å². The molecule has 0 fully saturated rings. The summed E-state index contributed by atoms with van der Waals surface area (Å²) in [5.41, 5.74) is 0. The molecular weight excluding hydrogens is 124 g/mol. The highest BCUT2D eigenvalue weighted by molar-refractivity contribution is 5.50. The van der Waals surface area contributed by atoms with Crippen LogP contribution in [0.3, 0.4) is 0 Å². The number of rotatable bonds is 4. The van der Waals surface area contributed by atoms with Gasteiger partial charge in [0, 0.05) is 7.77 Å². The zero-order valence-corrected chi connectivity index (χ0v) is 4.69. The Labute approximate surface area is 55.6 Å². The normalized spacial score (nSPS) is 23.4. The van der Waals surface area contributed by atoms with E-state index in [2.05, 4.69) is 0 Å². The first-order chi connectivity index (χ1) is 5.00. The van der Waals surface area contributed by atoms with Gasteiger partial charge in [0.05, 0.1) is 12.7 Å². The third-order valence-electron chi connectivity index (χ3n) is 0.820. The first-order valence-corrected chi connectivity index (χ1v) is 2.40. The minimum Gasteiger partial charge on any atom is -0.394 e. The molecule has 0 aliphatic heterocycles. The van der Waals surface area contributed by atoms with Crippen LogP contribution in [0, 0.1) is 0 Å². The summed E-state index contributed by atoms with van der Waals surface area (Å²) < 4.78 is 13.2. The lowest BCUT2D eigenvalue weighted by molar-refractivity contribution is -0.111. The van der Waals surface area contributed by atoms with Gasteiger partial charge in [0.15, 0.2) is 0 Å². The third kappa shape index (κ3) is 3.18. The van der Waals surface area contributed by atoms with Gasteiger partial charge in [-0.15, -0.1) is 0 Å². The van der Waals surface area contributed by atoms with Crippen LogP contribution in [0.5, 0.6) is 0 Å². The second-order valence-corrected chi connectivity index (χ2v) is 1.53. The van der Waals surface area contributed by atoms with Crippen LogP contribution in [-0.4, -0.2) is 40.4 Å². The molecule has 54 valence electrons. The van der Waals surface area contributed by atoms with Crippen molar-refractivity contribution in [3.63, 3.8) is 0 Å². The average molecular weight is 136 g/mol. The van der Waals surface area contributed by atoms with E-state index >= 15 is 0 Å². The van der Waals surface area contributed by atoms with Gasteiger partial charge in [-0.2, -0.15) is 0 Å². The topological polar surface area (TPSA) is 77.8 Å². The zero-order chi connectivity index (χ0) is 9.02. The number of aldehydes is 1. The first-order valence-electron chi connectivity index (χ1n) is 3.48. The Hall–Kier alpha value is -0.450. The number of aliphatic hydroxyl groups excluding tert-OH is 3. The van der Waals surface area contributed by atoms with Crippen LogP contribution in [0.25, 0.3) is 0 Å². The lowest BCUT2D eigenvalue weighted by Crippen LogP contribution is -2.29. The van der Waals surface area contributed by atoms with E-state index in [9.17, 15) is 4.79 Å². The van der Waals surface area contributed by atoms with Gasteiger partial charge in [0.1, 0.15) is 13.7 Å². The van der Waals surface area contributed by atoms with Gasteiger partial charge in [0.2, 0.25) is 0 Å². The molecule has 0 radical (unpaired) electrons. The second-order valence-electron chi connectivity index (χ2n) is 1.53.